The smallest absolute Gasteiger partial charge is 0.121 e. The fourth-order valence-corrected chi connectivity index (χ4v) is 1.46. The molecule has 0 radical (unpaired) electrons. The van der Waals surface area contributed by atoms with E-state index < -0.39 is 0 Å². The SMILES string of the molecule is C=N/C=C\C=C/Cc1ccc(OC)c(C)c1. The van der Waals surface area contributed by atoms with Gasteiger partial charge in [0.25, 0.3) is 0 Å². The monoisotopic (exact) mass is 215 g/mol. The summed E-state index contributed by atoms with van der Waals surface area (Å²) in [7, 11) is 1.69. The summed E-state index contributed by atoms with van der Waals surface area (Å²) >= 11 is 0. The first-order valence-corrected chi connectivity index (χ1v) is 5.19. The maximum absolute atomic E-state index is 5.21. The Morgan fingerprint density at radius 1 is 1.38 bits per heavy atom. The van der Waals surface area contributed by atoms with Crippen LogP contribution in [0.1, 0.15) is 11.1 Å². The molecule has 0 aliphatic rings. The molecule has 0 aromatic heterocycles. The van der Waals surface area contributed by atoms with Crippen LogP contribution in [0, 0.1) is 6.92 Å². The maximum atomic E-state index is 5.21. The highest BCUT2D eigenvalue weighted by molar-refractivity contribution is 5.36. The second-order valence-corrected chi connectivity index (χ2v) is 3.46. The van der Waals surface area contributed by atoms with E-state index in [1.807, 2.05) is 25.1 Å². The standard InChI is InChI=1S/C14H17NO/c1-12-11-13(8-9-14(12)16-3)7-5-4-6-10-15-2/h4-6,8-11H,2,7H2,1,3H3/b5-4-,10-6-. The number of aryl methyl sites for hydroxylation is 1. The summed E-state index contributed by atoms with van der Waals surface area (Å²) in [5.41, 5.74) is 2.44. The second-order valence-electron chi connectivity index (χ2n) is 3.46. The zero-order valence-electron chi connectivity index (χ0n) is 9.81. The van der Waals surface area contributed by atoms with Crippen LogP contribution in [-0.2, 0) is 6.42 Å². The van der Waals surface area contributed by atoms with Crippen LogP contribution in [0.3, 0.4) is 0 Å². The van der Waals surface area contributed by atoms with E-state index in [0.29, 0.717) is 0 Å². The number of hydrogen-bond acceptors (Lipinski definition) is 2. The van der Waals surface area contributed by atoms with Crippen molar-refractivity contribution in [3.05, 3.63) is 53.8 Å². The zero-order valence-corrected chi connectivity index (χ0v) is 9.81. The van der Waals surface area contributed by atoms with Crippen molar-refractivity contribution < 1.29 is 4.74 Å². The first kappa shape index (κ1) is 12.2. The van der Waals surface area contributed by atoms with Crippen LogP contribution < -0.4 is 4.74 Å². The van der Waals surface area contributed by atoms with Crippen molar-refractivity contribution in [3.63, 3.8) is 0 Å². The Morgan fingerprint density at radius 2 is 2.19 bits per heavy atom. The Hall–Kier alpha value is -1.83. The molecule has 0 amide bonds. The predicted molar refractivity (Wildman–Crippen MR) is 69.3 cm³/mol. The molecule has 84 valence electrons. The first-order valence-electron chi connectivity index (χ1n) is 5.19. The van der Waals surface area contributed by atoms with Gasteiger partial charge in [0.15, 0.2) is 0 Å². The van der Waals surface area contributed by atoms with Crippen molar-refractivity contribution in [2.75, 3.05) is 7.11 Å². The van der Waals surface area contributed by atoms with E-state index in [2.05, 4.69) is 29.9 Å². The first-order chi connectivity index (χ1) is 7.77. The second kappa shape index (κ2) is 6.62. The number of ether oxygens (including phenoxy) is 1. The van der Waals surface area contributed by atoms with Gasteiger partial charge in [0.05, 0.1) is 7.11 Å². The van der Waals surface area contributed by atoms with Crippen molar-refractivity contribution >= 4 is 6.72 Å². The molecule has 0 aliphatic carbocycles. The third-order valence-electron chi connectivity index (χ3n) is 2.25. The lowest BCUT2D eigenvalue weighted by molar-refractivity contribution is 0.411. The largest absolute Gasteiger partial charge is 0.496 e. The molecule has 0 atom stereocenters. The highest BCUT2D eigenvalue weighted by atomic mass is 16.5. The van der Waals surface area contributed by atoms with Crippen molar-refractivity contribution in [1.82, 2.24) is 0 Å². The van der Waals surface area contributed by atoms with E-state index in [1.165, 1.54) is 5.56 Å². The van der Waals surface area contributed by atoms with Crippen molar-refractivity contribution in [2.24, 2.45) is 4.99 Å². The van der Waals surface area contributed by atoms with Gasteiger partial charge in [-0.05, 0) is 43.3 Å². The molecule has 0 bridgehead atoms. The Morgan fingerprint density at radius 3 is 2.81 bits per heavy atom. The van der Waals surface area contributed by atoms with E-state index in [9.17, 15) is 0 Å². The van der Waals surface area contributed by atoms with Crippen LogP contribution >= 0.6 is 0 Å². The minimum atomic E-state index is 0.909. The van der Waals surface area contributed by atoms with Gasteiger partial charge in [-0.25, -0.2) is 0 Å². The van der Waals surface area contributed by atoms with E-state index in [-0.39, 0.29) is 0 Å². The lowest BCUT2D eigenvalue weighted by Crippen LogP contribution is -1.89. The van der Waals surface area contributed by atoms with Gasteiger partial charge in [0, 0.05) is 6.20 Å². The highest BCUT2D eigenvalue weighted by Crippen LogP contribution is 2.18. The van der Waals surface area contributed by atoms with E-state index in [0.717, 1.165) is 17.7 Å². The van der Waals surface area contributed by atoms with Gasteiger partial charge in [-0.15, -0.1) is 0 Å². The number of aliphatic imine (C=N–C) groups is 1. The van der Waals surface area contributed by atoms with Crippen LogP contribution in [0.5, 0.6) is 5.75 Å². The lowest BCUT2D eigenvalue weighted by atomic mass is 10.1. The molecule has 0 fully saturated rings. The molecule has 1 aromatic carbocycles. The fraction of sp³-hybridized carbons (Fsp3) is 0.214. The number of allylic oxidation sites excluding steroid dienone is 3. The van der Waals surface area contributed by atoms with Crippen LogP contribution in [-0.4, -0.2) is 13.8 Å². The van der Waals surface area contributed by atoms with Crippen molar-refractivity contribution in [1.29, 1.82) is 0 Å². The Balaban J connectivity index is 2.61. The molecule has 0 saturated carbocycles. The molecular formula is C14H17NO. The molecule has 0 N–H and O–H groups in total. The average Bonchev–Trinajstić information content (AvgIpc) is 2.29. The third kappa shape index (κ3) is 3.73. The van der Waals surface area contributed by atoms with Gasteiger partial charge in [0.1, 0.15) is 5.75 Å². The molecule has 0 spiro atoms. The minimum Gasteiger partial charge on any atom is -0.496 e. The number of methoxy groups -OCH3 is 1. The summed E-state index contributed by atoms with van der Waals surface area (Å²) in [4.78, 5) is 3.62. The average molecular weight is 215 g/mol. The van der Waals surface area contributed by atoms with E-state index >= 15 is 0 Å². The summed E-state index contributed by atoms with van der Waals surface area (Å²) in [6.45, 7) is 5.41. The lowest BCUT2D eigenvalue weighted by Gasteiger charge is -2.05. The van der Waals surface area contributed by atoms with Crippen LogP contribution in [0.2, 0.25) is 0 Å². The molecule has 2 heteroatoms. The summed E-state index contributed by atoms with van der Waals surface area (Å²) in [6, 6.07) is 6.21. The Kier molecular flexibility index (Phi) is 5.06. The third-order valence-corrected chi connectivity index (χ3v) is 2.25. The normalized spacial score (nSPS) is 11.1. The van der Waals surface area contributed by atoms with Gasteiger partial charge in [-0.1, -0.05) is 24.3 Å². The van der Waals surface area contributed by atoms with Gasteiger partial charge in [-0.2, -0.15) is 0 Å². The Labute approximate surface area is 97.0 Å². The fourth-order valence-electron chi connectivity index (χ4n) is 1.46. The molecule has 1 rings (SSSR count). The summed E-state index contributed by atoms with van der Waals surface area (Å²) in [5, 5.41) is 0. The topological polar surface area (TPSA) is 21.6 Å². The summed E-state index contributed by atoms with van der Waals surface area (Å²) < 4.78 is 5.21. The van der Waals surface area contributed by atoms with Crippen LogP contribution in [0.25, 0.3) is 0 Å². The highest BCUT2D eigenvalue weighted by Gasteiger charge is 1.97. The van der Waals surface area contributed by atoms with E-state index in [1.54, 1.807) is 13.3 Å². The maximum Gasteiger partial charge on any atom is 0.121 e. The molecule has 0 heterocycles. The van der Waals surface area contributed by atoms with Crippen molar-refractivity contribution in [3.8, 4) is 5.75 Å². The number of benzene rings is 1. The van der Waals surface area contributed by atoms with Crippen LogP contribution in [0.4, 0.5) is 0 Å². The van der Waals surface area contributed by atoms with Gasteiger partial charge < -0.3 is 4.74 Å². The van der Waals surface area contributed by atoms with Gasteiger partial charge in [0.2, 0.25) is 0 Å². The molecule has 1 aromatic rings. The summed E-state index contributed by atoms with van der Waals surface area (Å²) in [6.07, 6.45) is 8.49. The molecule has 16 heavy (non-hydrogen) atoms. The van der Waals surface area contributed by atoms with Crippen LogP contribution in [0.15, 0.2) is 47.6 Å². The molecule has 2 nitrogen and oxygen atoms in total. The predicted octanol–water partition coefficient (Wildman–Crippen LogP) is 3.32. The quantitative estimate of drug-likeness (QED) is 0.545. The molecular weight excluding hydrogens is 198 g/mol. The zero-order chi connectivity index (χ0) is 11.8. The van der Waals surface area contributed by atoms with Gasteiger partial charge >= 0.3 is 0 Å². The molecule has 0 aliphatic heterocycles. The number of rotatable bonds is 5. The number of nitrogens with zero attached hydrogens (tertiary/aromatic N) is 1. The molecule has 0 saturated heterocycles. The molecule has 0 unspecified atom stereocenters. The van der Waals surface area contributed by atoms with E-state index in [4.69, 9.17) is 4.74 Å². The minimum absolute atomic E-state index is 0.909. The Bertz CT molecular complexity index is 405. The van der Waals surface area contributed by atoms with Crippen molar-refractivity contribution in [2.45, 2.75) is 13.3 Å². The van der Waals surface area contributed by atoms with Gasteiger partial charge in [-0.3, -0.25) is 4.99 Å². The summed E-state index contributed by atoms with van der Waals surface area (Å²) in [5.74, 6) is 0.934. The number of hydrogen-bond donors (Lipinski definition) is 0.